The van der Waals surface area contributed by atoms with Crippen LogP contribution in [0.2, 0.25) is 0 Å². The Hall–Kier alpha value is -2.42. The molecule has 0 unspecified atom stereocenters. The minimum absolute atomic E-state index is 0.625. The topological polar surface area (TPSA) is 35.0 Å². The molecular formula is C17H16N2O. The summed E-state index contributed by atoms with van der Waals surface area (Å²) in [5, 5.41) is 0. The molecule has 0 aliphatic heterocycles. The molecule has 0 atom stereocenters. The molecule has 100 valence electrons. The molecule has 0 radical (unpaired) electrons. The van der Waals surface area contributed by atoms with Crippen molar-refractivity contribution in [3.8, 4) is 5.88 Å². The average molecular weight is 264 g/mol. The summed E-state index contributed by atoms with van der Waals surface area (Å²) in [5.74, 6) is 0.625. The Bertz CT molecular complexity index is 711. The van der Waals surface area contributed by atoms with Gasteiger partial charge in [-0.25, -0.2) is 9.97 Å². The van der Waals surface area contributed by atoms with Gasteiger partial charge in [-0.15, -0.1) is 0 Å². The zero-order valence-electron chi connectivity index (χ0n) is 11.4. The molecule has 0 N–H and O–H groups in total. The van der Waals surface area contributed by atoms with Gasteiger partial charge in [-0.05, 0) is 30.5 Å². The van der Waals surface area contributed by atoms with Crippen LogP contribution in [0.5, 0.6) is 5.88 Å². The fourth-order valence-corrected chi connectivity index (χ4v) is 2.25. The van der Waals surface area contributed by atoms with E-state index in [1.807, 2.05) is 30.3 Å². The van der Waals surface area contributed by atoms with Crippen molar-refractivity contribution in [3.05, 3.63) is 65.9 Å². The highest BCUT2D eigenvalue weighted by atomic mass is 16.5. The number of hydrogen-bond acceptors (Lipinski definition) is 3. The van der Waals surface area contributed by atoms with Gasteiger partial charge < -0.3 is 4.74 Å². The number of para-hydroxylation sites is 2. The maximum absolute atomic E-state index is 5.37. The van der Waals surface area contributed by atoms with Crippen LogP contribution in [-0.4, -0.2) is 17.1 Å². The highest BCUT2D eigenvalue weighted by Gasteiger charge is 2.09. The Balaban J connectivity index is 1.90. The smallest absolute Gasteiger partial charge is 0.235 e. The molecule has 0 aliphatic carbocycles. The molecule has 0 saturated heterocycles. The molecule has 3 aromatic rings. The zero-order chi connectivity index (χ0) is 13.8. The summed E-state index contributed by atoms with van der Waals surface area (Å²) >= 11 is 0. The monoisotopic (exact) mass is 264 g/mol. The van der Waals surface area contributed by atoms with E-state index < -0.39 is 0 Å². The van der Waals surface area contributed by atoms with Crippen molar-refractivity contribution in [2.24, 2.45) is 0 Å². The Morgan fingerprint density at radius 2 is 1.45 bits per heavy atom. The lowest BCUT2D eigenvalue weighted by atomic mass is 10.1. The summed E-state index contributed by atoms with van der Waals surface area (Å²) in [6, 6.07) is 18.3. The summed E-state index contributed by atoms with van der Waals surface area (Å²) in [5.41, 5.74) is 3.99. The van der Waals surface area contributed by atoms with Gasteiger partial charge in [0.15, 0.2) is 0 Å². The van der Waals surface area contributed by atoms with Crippen molar-refractivity contribution >= 4 is 11.0 Å². The third kappa shape index (κ3) is 2.62. The molecule has 0 aliphatic rings. The molecule has 0 amide bonds. The molecule has 0 saturated carbocycles. The number of hydrogen-bond donors (Lipinski definition) is 0. The Labute approximate surface area is 118 Å². The lowest BCUT2D eigenvalue weighted by Crippen LogP contribution is -2.01. The highest BCUT2D eigenvalue weighted by molar-refractivity contribution is 5.74. The minimum Gasteiger partial charge on any atom is -0.480 e. The van der Waals surface area contributed by atoms with Crippen molar-refractivity contribution in [3.63, 3.8) is 0 Å². The standard InChI is InChI=1S/C17H16N2O/c1-20-17-16(12-11-13-7-3-2-4-8-13)18-14-9-5-6-10-15(14)19-17/h2-10H,11-12H2,1H3. The third-order valence-corrected chi connectivity index (χ3v) is 3.29. The number of ether oxygens (including phenoxy) is 1. The van der Waals surface area contributed by atoms with Crippen LogP contribution in [-0.2, 0) is 12.8 Å². The second-order valence-electron chi connectivity index (χ2n) is 4.65. The summed E-state index contributed by atoms with van der Waals surface area (Å²) in [7, 11) is 1.64. The Kier molecular flexibility index (Phi) is 3.59. The molecule has 0 bridgehead atoms. The molecule has 2 aromatic carbocycles. The molecule has 3 nitrogen and oxygen atoms in total. The maximum Gasteiger partial charge on any atom is 0.235 e. The van der Waals surface area contributed by atoms with Crippen LogP contribution in [0.15, 0.2) is 54.6 Å². The van der Waals surface area contributed by atoms with Crippen molar-refractivity contribution in [1.29, 1.82) is 0 Å². The summed E-state index contributed by atoms with van der Waals surface area (Å²) in [4.78, 5) is 9.19. The largest absolute Gasteiger partial charge is 0.480 e. The summed E-state index contributed by atoms with van der Waals surface area (Å²) in [6.45, 7) is 0. The van der Waals surface area contributed by atoms with E-state index in [9.17, 15) is 0 Å². The van der Waals surface area contributed by atoms with Crippen molar-refractivity contribution in [2.45, 2.75) is 12.8 Å². The molecule has 1 aromatic heterocycles. The quantitative estimate of drug-likeness (QED) is 0.724. The normalized spacial score (nSPS) is 10.7. The highest BCUT2D eigenvalue weighted by Crippen LogP contribution is 2.20. The van der Waals surface area contributed by atoms with E-state index in [0.29, 0.717) is 5.88 Å². The van der Waals surface area contributed by atoms with Crippen LogP contribution in [0.1, 0.15) is 11.3 Å². The minimum atomic E-state index is 0.625. The van der Waals surface area contributed by atoms with Crippen molar-refractivity contribution in [2.75, 3.05) is 7.11 Å². The molecular weight excluding hydrogens is 248 g/mol. The van der Waals surface area contributed by atoms with Gasteiger partial charge in [0, 0.05) is 0 Å². The predicted octanol–water partition coefficient (Wildman–Crippen LogP) is 3.42. The van der Waals surface area contributed by atoms with E-state index >= 15 is 0 Å². The number of methoxy groups -OCH3 is 1. The Morgan fingerprint density at radius 1 is 0.800 bits per heavy atom. The van der Waals surface area contributed by atoms with Gasteiger partial charge >= 0.3 is 0 Å². The van der Waals surface area contributed by atoms with Gasteiger partial charge in [0.1, 0.15) is 5.69 Å². The molecule has 3 heteroatoms. The van der Waals surface area contributed by atoms with Crippen LogP contribution in [0.3, 0.4) is 0 Å². The van der Waals surface area contributed by atoms with E-state index in [4.69, 9.17) is 4.74 Å². The van der Waals surface area contributed by atoms with E-state index in [1.165, 1.54) is 5.56 Å². The number of benzene rings is 2. The van der Waals surface area contributed by atoms with Crippen LogP contribution >= 0.6 is 0 Å². The van der Waals surface area contributed by atoms with Crippen LogP contribution in [0.4, 0.5) is 0 Å². The fourth-order valence-electron chi connectivity index (χ4n) is 2.25. The second kappa shape index (κ2) is 5.70. The lowest BCUT2D eigenvalue weighted by molar-refractivity contribution is 0.391. The number of aromatic nitrogens is 2. The molecule has 20 heavy (non-hydrogen) atoms. The van der Waals surface area contributed by atoms with E-state index in [-0.39, 0.29) is 0 Å². The second-order valence-corrected chi connectivity index (χ2v) is 4.65. The molecule has 0 spiro atoms. The van der Waals surface area contributed by atoms with Gasteiger partial charge in [0.25, 0.3) is 0 Å². The number of fused-ring (bicyclic) bond motifs is 1. The van der Waals surface area contributed by atoms with E-state index in [2.05, 4.69) is 34.2 Å². The fraction of sp³-hybridized carbons (Fsp3) is 0.176. The first kappa shape index (κ1) is 12.6. The Morgan fingerprint density at radius 3 is 2.15 bits per heavy atom. The summed E-state index contributed by atoms with van der Waals surface area (Å²) in [6.07, 6.45) is 1.76. The number of rotatable bonds is 4. The van der Waals surface area contributed by atoms with Crippen LogP contribution < -0.4 is 4.74 Å². The summed E-state index contributed by atoms with van der Waals surface area (Å²) < 4.78 is 5.37. The first-order valence-corrected chi connectivity index (χ1v) is 6.70. The third-order valence-electron chi connectivity index (χ3n) is 3.29. The van der Waals surface area contributed by atoms with Gasteiger partial charge in [-0.3, -0.25) is 0 Å². The first-order valence-electron chi connectivity index (χ1n) is 6.70. The first-order chi connectivity index (χ1) is 9.86. The van der Waals surface area contributed by atoms with Gasteiger partial charge in [0.2, 0.25) is 5.88 Å². The van der Waals surface area contributed by atoms with Crippen molar-refractivity contribution < 1.29 is 4.74 Å². The van der Waals surface area contributed by atoms with Crippen LogP contribution in [0.25, 0.3) is 11.0 Å². The molecule has 1 heterocycles. The van der Waals surface area contributed by atoms with Gasteiger partial charge in [-0.1, -0.05) is 42.5 Å². The molecule has 3 rings (SSSR count). The number of nitrogens with zero attached hydrogens (tertiary/aromatic N) is 2. The lowest BCUT2D eigenvalue weighted by Gasteiger charge is -2.08. The van der Waals surface area contributed by atoms with Crippen molar-refractivity contribution in [1.82, 2.24) is 9.97 Å². The average Bonchev–Trinajstić information content (AvgIpc) is 2.53. The maximum atomic E-state index is 5.37. The van der Waals surface area contributed by atoms with Gasteiger partial charge in [-0.2, -0.15) is 0 Å². The van der Waals surface area contributed by atoms with Crippen LogP contribution in [0, 0.1) is 0 Å². The van der Waals surface area contributed by atoms with Gasteiger partial charge in [0.05, 0.1) is 18.1 Å². The predicted molar refractivity (Wildman–Crippen MR) is 79.9 cm³/mol. The van der Waals surface area contributed by atoms with E-state index in [1.54, 1.807) is 7.11 Å². The van der Waals surface area contributed by atoms with E-state index in [0.717, 1.165) is 29.6 Å². The zero-order valence-corrected chi connectivity index (χ0v) is 11.4. The number of aryl methyl sites for hydroxylation is 2. The molecule has 0 fully saturated rings. The SMILES string of the molecule is COc1nc2ccccc2nc1CCc1ccccc1.